The zero-order valence-corrected chi connectivity index (χ0v) is 20.4. The van der Waals surface area contributed by atoms with Crippen molar-refractivity contribution in [2.75, 3.05) is 23.9 Å². The molecule has 0 aliphatic rings. The van der Waals surface area contributed by atoms with E-state index in [0.29, 0.717) is 0 Å². The fourth-order valence-corrected chi connectivity index (χ4v) is 4.21. The number of para-hydroxylation sites is 2. The highest BCUT2D eigenvalue weighted by molar-refractivity contribution is 7.33. The van der Waals surface area contributed by atoms with Gasteiger partial charge in [-0.1, -0.05) is 60.7 Å². The summed E-state index contributed by atoms with van der Waals surface area (Å²) in [7, 11) is 1.46. The molecule has 0 amide bonds. The number of rotatable bonds is 10. The quantitative estimate of drug-likeness (QED) is 0.226. The lowest BCUT2D eigenvalue weighted by Gasteiger charge is -2.19. The first kappa shape index (κ1) is 23.8. The van der Waals surface area contributed by atoms with Gasteiger partial charge >= 0.3 is 8.25 Å². The molecule has 5 nitrogen and oxygen atoms in total. The predicted octanol–water partition coefficient (Wildman–Crippen LogP) is 7.35. The molecule has 0 aliphatic carbocycles. The molecule has 0 unspecified atom stereocenters. The van der Waals surface area contributed by atoms with Gasteiger partial charge in [-0.3, -0.25) is 4.57 Å². The second-order valence-corrected chi connectivity index (χ2v) is 9.03. The van der Waals surface area contributed by atoms with Gasteiger partial charge in [-0.15, -0.1) is 0 Å². The molecule has 0 atom stereocenters. The number of hydrogen-bond donors (Lipinski definition) is 0. The van der Waals surface area contributed by atoms with Crippen molar-refractivity contribution in [1.29, 1.82) is 0 Å². The maximum Gasteiger partial charge on any atom is 0.319 e. The van der Waals surface area contributed by atoms with Crippen LogP contribution in [0.2, 0.25) is 0 Å². The van der Waals surface area contributed by atoms with Gasteiger partial charge in [-0.25, -0.2) is 0 Å². The summed E-state index contributed by atoms with van der Waals surface area (Å²) in [6.07, 6.45) is 0. The Morgan fingerprint density at radius 3 is 1.21 bits per heavy atom. The Bertz CT molecular complexity index is 1090. The van der Waals surface area contributed by atoms with E-state index in [0.717, 1.165) is 33.9 Å². The highest BCUT2D eigenvalue weighted by atomic mass is 31.1. The van der Waals surface area contributed by atoms with E-state index in [2.05, 4.69) is 34.1 Å². The van der Waals surface area contributed by atoms with Crippen molar-refractivity contribution >= 4 is 31.0 Å². The van der Waals surface area contributed by atoms with E-state index in [9.17, 15) is 4.57 Å². The van der Waals surface area contributed by atoms with Crippen LogP contribution < -0.4 is 9.80 Å². The smallest absolute Gasteiger partial charge is 0.319 e. The van der Waals surface area contributed by atoms with Crippen molar-refractivity contribution in [3.8, 4) is 0 Å². The third-order valence-corrected chi connectivity index (χ3v) is 6.41. The fraction of sp³-hybridized carbons (Fsp3) is 0.143. The molecule has 0 heterocycles. The number of anilines is 4. The van der Waals surface area contributed by atoms with E-state index in [1.165, 1.54) is 0 Å². The minimum absolute atomic E-state index is 0.244. The molecule has 0 fully saturated rings. The van der Waals surface area contributed by atoms with Crippen LogP contribution >= 0.6 is 8.25 Å². The van der Waals surface area contributed by atoms with Crippen molar-refractivity contribution in [2.45, 2.75) is 13.2 Å². The highest BCUT2D eigenvalue weighted by Gasteiger charge is 2.07. The molecule has 34 heavy (non-hydrogen) atoms. The topological polar surface area (TPSA) is 42.0 Å². The lowest BCUT2D eigenvalue weighted by molar-refractivity contribution is 0.213. The molecular weight excluding hydrogens is 443 g/mol. The van der Waals surface area contributed by atoms with Crippen LogP contribution in [0.1, 0.15) is 11.1 Å². The molecule has 0 spiro atoms. The van der Waals surface area contributed by atoms with E-state index in [4.69, 9.17) is 9.05 Å². The third-order valence-electron chi connectivity index (χ3n) is 5.65. The molecule has 0 aliphatic heterocycles. The predicted molar refractivity (Wildman–Crippen MR) is 140 cm³/mol. The molecule has 4 aromatic carbocycles. The summed E-state index contributed by atoms with van der Waals surface area (Å²) < 4.78 is 23.1. The minimum atomic E-state index is -2.59. The van der Waals surface area contributed by atoms with Crippen molar-refractivity contribution in [1.82, 2.24) is 0 Å². The van der Waals surface area contributed by atoms with E-state index in [1.54, 1.807) is 0 Å². The molecule has 4 rings (SSSR count). The largest absolute Gasteiger partial charge is 0.345 e. The lowest BCUT2D eigenvalue weighted by atomic mass is 10.2. The molecule has 0 saturated heterocycles. The highest BCUT2D eigenvalue weighted by Crippen LogP contribution is 2.30. The van der Waals surface area contributed by atoms with Crippen LogP contribution in [0.5, 0.6) is 0 Å². The molecule has 0 aromatic heterocycles. The average molecular weight is 473 g/mol. The van der Waals surface area contributed by atoms with Crippen LogP contribution in [0.3, 0.4) is 0 Å². The first-order valence-electron chi connectivity index (χ1n) is 11.1. The number of benzene rings is 4. The van der Waals surface area contributed by atoms with Crippen molar-refractivity contribution in [2.24, 2.45) is 0 Å². The van der Waals surface area contributed by atoms with E-state index >= 15 is 0 Å². The first-order valence-corrected chi connectivity index (χ1v) is 12.4. The maximum absolute atomic E-state index is 12.2. The summed E-state index contributed by atoms with van der Waals surface area (Å²) in [5.41, 5.74) is 6.26. The maximum atomic E-state index is 12.2. The van der Waals surface area contributed by atoms with Crippen LogP contribution in [-0.4, -0.2) is 14.1 Å². The van der Waals surface area contributed by atoms with Gasteiger partial charge in [0.25, 0.3) is 0 Å². The Kier molecular flexibility index (Phi) is 8.16. The van der Waals surface area contributed by atoms with Gasteiger partial charge in [0.05, 0.1) is 13.2 Å². The Morgan fingerprint density at radius 2 is 0.853 bits per heavy atom. The lowest BCUT2D eigenvalue weighted by Crippen LogP contribution is -2.09. The van der Waals surface area contributed by atoms with Crippen LogP contribution in [0.4, 0.5) is 22.7 Å². The van der Waals surface area contributed by atoms with Gasteiger partial charge in [0.15, 0.2) is 0 Å². The summed E-state index contributed by atoms with van der Waals surface area (Å²) in [5, 5.41) is 0. The van der Waals surface area contributed by atoms with Gasteiger partial charge in [0.1, 0.15) is 0 Å². The fourth-order valence-electron chi connectivity index (χ4n) is 3.56. The van der Waals surface area contributed by atoms with E-state index in [1.807, 2.05) is 99.0 Å². The molecule has 6 heteroatoms. The summed E-state index contributed by atoms with van der Waals surface area (Å²) >= 11 is 0. The van der Waals surface area contributed by atoms with Crippen LogP contribution in [0.15, 0.2) is 109 Å². The minimum Gasteiger partial charge on any atom is -0.345 e. The first-order chi connectivity index (χ1) is 16.6. The zero-order chi connectivity index (χ0) is 23.8. The Labute approximate surface area is 202 Å². The van der Waals surface area contributed by atoms with Gasteiger partial charge in [0.2, 0.25) is 0 Å². The molecule has 174 valence electrons. The molecule has 0 saturated carbocycles. The monoisotopic (exact) mass is 472 g/mol. The Balaban J connectivity index is 1.23. The van der Waals surface area contributed by atoms with Crippen molar-refractivity contribution < 1.29 is 13.6 Å². The van der Waals surface area contributed by atoms with E-state index < -0.39 is 8.25 Å². The van der Waals surface area contributed by atoms with Crippen LogP contribution in [0, 0.1) is 0 Å². The zero-order valence-electron chi connectivity index (χ0n) is 19.4. The SMILES string of the molecule is CN(c1ccccc1)c1ccc(CO[PH](=O)OCc2ccc(N(C)c3ccccc3)cc2)cc1. The van der Waals surface area contributed by atoms with Gasteiger partial charge in [0, 0.05) is 36.8 Å². The normalized spacial score (nSPS) is 10.9. The average Bonchev–Trinajstić information content (AvgIpc) is 2.91. The van der Waals surface area contributed by atoms with Crippen molar-refractivity contribution in [3.05, 3.63) is 120 Å². The summed E-state index contributed by atoms with van der Waals surface area (Å²) in [5.74, 6) is 0. The number of hydrogen-bond acceptors (Lipinski definition) is 5. The van der Waals surface area contributed by atoms with Crippen molar-refractivity contribution in [3.63, 3.8) is 0 Å². The van der Waals surface area contributed by atoms with Gasteiger partial charge in [-0.2, -0.15) is 0 Å². The van der Waals surface area contributed by atoms with Gasteiger partial charge < -0.3 is 18.8 Å². The Hall–Kier alpha value is -3.37. The summed E-state index contributed by atoms with van der Waals surface area (Å²) in [6, 6.07) is 36.3. The van der Waals surface area contributed by atoms with Crippen LogP contribution in [-0.2, 0) is 26.8 Å². The Morgan fingerprint density at radius 1 is 0.529 bits per heavy atom. The molecule has 4 aromatic rings. The van der Waals surface area contributed by atoms with Gasteiger partial charge in [-0.05, 0) is 59.7 Å². The molecular formula is C28H29N2O3P. The molecule has 0 N–H and O–H groups in total. The second-order valence-electron chi connectivity index (χ2n) is 7.95. The van der Waals surface area contributed by atoms with Crippen LogP contribution in [0.25, 0.3) is 0 Å². The number of nitrogens with zero attached hydrogens (tertiary/aromatic N) is 2. The molecule has 0 radical (unpaired) electrons. The molecule has 0 bridgehead atoms. The third kappa shape index (κ3) is 6.36. The summed E-state index contributed by atoms with van der Waals surface area (Å²) in [6.45, 7) is 0.488. The summed E-state index contributed by atoms with van der Waals surface area (Å²) in [4.78, 5) is 4.22. The second kappa shape index (κ2) is 11.7. The van der Waals surface area contributed by atoms with E-state index in [-0.39, 0.29) is 13.2 Å². The standard InChI is InChI=1S/C28H29N2O3P/c1-29(25-9-5-3-6-10-25)27-17-13-23(14-18-27)21-32-34(31)33-22-24-15-19-28(20-16-24)30(2)26-11-7-4-8-12-26/h3-20,34H,21-22H2,1-2H3.